The van der Waals surface area contributed by atoms with Crippen LogP contribution < -0.4 is 0 Å². The molecule has 0 saturated carbocycles. The average molecular weight is 270 g/mol. The van der Waals surface area contributed by atoms with Gasteiger partial charge < -0.3 is 0 Å². The molecule has 0 radical (unpaired) electrons. The maximum absolute atomic E-state index is 4.53. The summed E-state index contributed by atoms with van der Waals surface area (Å²) < 4.78 is 1.86. The topological polar surface area (TPSA) is 43.6 Å². The Morgan fingerprint density at radius 1 is 1.16 bits per heavy atom. The quantitative estimate of drug-likeness (QED) is 0.541. The number of aryl methyl sites for hydroxylation is 1. The Balaban J connectivity index is 2.23. The molecule has 3 aromatic rings. The first kappa shape index (κ1) is 12.2. The van der Waals surface area contributed by atoms with E-state index in [1.165, 1.54) is 0 Å². The van der Waals surface area contributed by atoms with Gasteiger partial charge in [-0.2, -0.15) is 5.10 Å². The van der Waals surface area contributed by atoms with Crippen LogP contribution in [0.15, 0.2) is 41.6 Å². The van der Waals surface area contributed by atoms with Crippen LogP contribution in [0, 0.1) is 6.92 Å². The van der Waals surface area contributed by atoms with Crippen molar-refractivity contribution >= 4 is 22.8 Å². The molecule has 0 atom stereocenters. The summed E-state index contributed by atoms with van der Waals surface area (Å²) in [5.41, 5.74) is 1.89. The first-order valence-corrected chi connectivity index (χ1v) is 7.18. The Labute approximate surface area is 115 Å². The van der Waals surface area contributed by atoms with Crippen LogP contribution in [0.4, 0.5) is 0 Å². The molecule has 4 nitrogen and oxygen atoms in total. The van der Waals surface area contributed by atoms with E-state index in [2.05, 4.69) is 22.0 Å². The van der Waals surface area contributed by atoms with E-state index >= 15 is 0 Å². The van der Waals surface area contributed by atoms with Crippen molar-refractivity contribution in [1.82, 2.24) is 19.7 Å². The number of thioether (sulfide) groups is 1. The van der Waals surface area contributed by atoms with Crippen LogP contribution in [0.2, 0.25) is 0 Å². The second-order valence-corrected chi connectivity index (χ2v) is 5.39. The van der Waals surface area contributed by atoms with Gasteiger partial charge in [0.05, 0.1) is 17.3 Å². The summed E-state index contributed by atoms with van der Waals surface area (Å²) in [6.45, 7) is 4.04. The SMILES string of the molecule is CCSc1nc(C)nc2c1cnn2-c1ccccc1. The molecule has 19 heavy (non-hydrogen) atoms. The Morgan fingerprint density at radius 2 is 1.95 bits per heavy atom. The summed E-state index contributed by atoms with van der Waals surface area (Å²) >= 11 is 1.72. The molecule has 0 aliphatic rings. The molecule has 2 heterocycles. The standard InChI is InChI=1S/C14H14N4S/c1-3-19-14-12-9-15-18(11-7-5-4-6-8-11)13(12)16-10(2)17-14/h4-9H,3H2,1-2H3. The van der Waals surface area contributed by atoms with Crippen molar-refractivity contribution in [3.8, 4) is 5.69 Å². The number of aromatic nitrogens is 4. The zero-order valence-corrected chi connectivity index (χ0v) is 11.7. The summed E-state index contributed by atoms with van der Waals surface area (Å²) in [6.07, 6.45) is 1.85. The lowest BCUT2D eigenvalue weighted by Gasteiger charge is -2.04. The van der Waals surface area contributed by atoms with Crippen LogP contribution in [-0.4, -0.2) is 25.5 Å². The second-order valence-electron chi connectivity index (χ2n) is 4.14. The molecular weight excluding hydrogens is 256 g/mol. The highest BCUT2D eigenvalue weighted by Crippen LogP contribution is 2.26. The van der Waals surface area contributed by atoms with Crippen molar-refractivity contribution in [1.29, 1.82) is 0 Å². The summed E-state index contributed by atoms with van der Waals surface area (Å²) in [7, 11) is 0. The largest absolute Gasteiger partial charge is 0.226 e. The Morgan fingerprint density at radius 3 is 2.68 bits per heavy atom. The Hall–Kier alpha value is -1.88. The minimum Gasteiger partial charge on any atom is -0.226 e. The molecule has 0 N–H and O–H groups in total. The molecule has 1 aromatic carbocycles. The third-order valence-electron chi connectivity index (χ3n) is 2.79. The summed E-state index contributed by atoms with van der Waals surface area (Å²) in [6, 6.07) is 10.0. The van der Waals surface area contributed by atoms with Gasteiger partial charge in [-0.15, -0.1) is 11.8 Å². The second kappa shape index (κ2) is 5.01. The highest BCUT2D eigenvalue weighted by Gasteiger charge is 2.12. The zero-order chi connectivity index (χ0) is 13.2. The predicted molar refractivity (Wildman–Crippen MR) is 77.8 cm³/mol. The molecule has 0 amide bonds. The van der Waals surface area contributed by atoms with Gasteiger partial charge in [-0.1, -0.05) is 25.1 Å². The van der Waals surface area contributed by atoms with Gasteiger partial charge in [0, 0.05) is 0 Å². The van der Waals surface area contributed by atoms with Crippen molar-refractivity contribution in [2.45, 2.75) is 18.9 Å². The highest BCUT2D eigenvalue weighted by molar-refractivity contribution is 7.99. The zero-order valence-electron chi connectivity index (χ0n) is 10.9. The van der Waals surface area contributed by atoms with Crippen molar-refractivity contribution in [2.24, 2.45) is 0 Å². The van der Waals surface area contributed by atoms with E-state index in [0.29, 0.717) is 0 Å². The van der Waals surface area contributed by atoms with Crippen molar-refractivity contribution in [3.05, 3.63) is 42.4 Å². The lowest BCUT2D eigenvalue weighted by atomic mass is 10.3. The van der Waals surface area contributed by atoms with Crippen LogP contribution in [0.1, 0.15) is 12.7 Å². The first-order valence-electron chi connectivity index (χ1n) is 6.20. The summed E-state index contributed by atoms with van der Waals surface area (Å²) in [5.74, 6) is 1.77. The molecule has 0 unspecified atom stereocenters. The highest BCUT2D eigenvalue weighted by atomic mass is 32.2. The number of hydrogen-bond donors (Lipinski definition) is 0. The van der Waals surface area contributed by atoms with Crippen LogP contribution in [0.25, 0.3) is 16.7 Å². The molecule has 5 heteroatoms. The number of para-hydroxylation sites is 1. The predicted octanol–water partition coefficient (Wildman–Crippen LogP) is 3.24. The van der Waals surface area contributed by atoms with Gasteiger partial charge in [-0.3, -0.25) is 0 Å². The molecule has 96 valence electrons. The van der Waals surface area contributed by atoms with Gasteiger partial charge in [0.2, 0.25) is 0 Å². The van der Waals surface area contributed by atoms with Crippen LogP contribution in [-0.2, 0) is 0 Å². The molecule has 0 saturated heterocycles. The van der Waals surface area contributed by atoms with Crippen LogP contribution in [0.5, 0.6) is 0 Å². The summed E-state index contributed by atoms with van der Waals surface area (Å²) in [4.78, 5) is 9.03. The van der Waals surface area contributed by atoms with Crippen molar-refractivity contribution in [2.75, 3.05) is 5.75 Å². The fraction of sp³-hybridized carbons (Fsp3) is 0.214. The smallest absolute Gasteiger partial charge is 0.167 e. The number of rotatable bonds is 3. The minimum absolute atomic E-state index is 0.779. The minimum atomic E-state index is 0.779. The van der Waals surface area contributed by atoms with Crippen molar-refractivity contribution in [3.63, 3.8) is 0 Å². The van der Waals surface area contributed by atoms with E-state index in [1.54, 1.807) is 11.8 Å². The Kier molecular flexibility index (Phi) is 3.21. The van der Waals surface area contributed by atoms with E-state index in [-0.39, 0.29) is 0 Å². The third kappa shape index (κ3) is 2.21. The van der Waals surface area contributed by atoms with Crippen LogP contribution >= 0.6 is 11.8 Å². The molecule has 3 rings (SSSR count). The van der Waals surface area contributed by atoms with Gasteiger partial charge >= 0.3 is 0 Å². The molecule has 0 fully saturated rings. The third-order valence-corrected chi connectivity index (χ3v) is 3.66. The van der Waals surface area contributed by atoms with Gasteiger partial charge in [0.1, 0.15) is 10.9 Å². The Bertz CT molecular complexity index is 706. The van der Waals surface area contributed by atoms with Crippen molar-refractivity contribution < 1.29 is 0 Å². The molecule has 0 bridgehead atoms. The van der Waals surface area contributed by atoms with E-state index in [0.717, 1.165) is 33.3 Å². The van der Waals surface area contributed by atoms with E-state index < -0.39 is 0 Å². The molecule has 0 aliphatic heterocycles. The van der Waals surface area contributed by atoms with Gasteiger partial charge in [-0.25, -0.2) is 14.6 Å². The van der Waals surface area contributed by atoms with E-state index in [4.69, 9.17) is 0 Å². The van der Waals surface area contributed by atoms with Gasteiger partial charge in [0.15, 0.2) is 5.65 Å². The molecule has 0 aliphatic carbocycles. The maximum atomic E-state index is 4.53. The monoisotopic (exact) mass is 270 g/mol. The molecule has 0 spiro atoms. The van der Waals surface area contributed by atoms with Gasteiger partial charge in [-0.05, 0) is 24.8 Å². The van der Waals surface area contributed by atoms with Gasteiger partial charge in [0.25, 0.3) is 0 Å². The summed E-state index contributed by atoms with van der Waals surface area (Å²) in [5, 5.41) is 6.47. The number of fused-ring (bicyclic) bond motifs is 1. The maximum Gasteiger partial charge on any atom is 0.167 e. The van der Waals surface area contributed by atoms with E-state index in [1.807, 2.05) is 48.1 Å². The molecular formula is C14H14N4S. The normalized spacial score (nSPS) is 11.1. The molecule has 2 aromatic heterocycles. The first-order chi connectivity index (χ1) is 9.29. The number of nitrogens with zero attached hydrogens (tertiary/aromatic N) is 4. The average Bonchev–Trinajstić information content (AvgIpc) is 2.84. The number of benzene rings is 1. The fourth-order valence-electron chi connectivity index (χ4n) is 1.99. The fourth-order valence-corrected chi connectivity index (χ4v) is 2.76. The lowest BCUT2D eigenvalue weighted by Crippen LogP contribution is -1.99. The number of hydrogen-bond acceptors (Lipinski definition) is 4. The lowest BCUT2D eigenvalue weighted by molar-refractivity contribution is 0.885. The van der Waals surface area contributed by atoms with Crippen LogP contribution in [0.3, 0.4) is 0 Å². The van der Waals surface area contributed by atoms with E-state index in [9.17, 15) is 0 Å².